The second-order valence-electron chi connectivity index (χ2n) is 20.2. The summed E-state index contributed by atoms with van der Waals surface area (Å²) < 4.78 is 0. The van der Waals surface area contributed by atoms with Crippen molar-refractivity contribution in [1.82, 2.24) is 0 Å². The fourth-order valence-electron chi connectivity index (χ4n) is 11.2. The summed E-state index contributed by atoms with van der Waals surface area (Å²) in [6.07, 6.45) is 31.4. The highest BCUT2D eigenvalue weighted by Crippen LogP contribution is 2.61. The van der Waals surface area contributed by atoms with E-state index in [9.17, 15) is 0 Å². The van der Waals surface area contributed by atoms with Crippen LogP contribution in [0.5, 0.6) is 0 Å². The number of rotatable bonds is 32. The largest absolute Gasteiger partial charge is 0.116 e. The molecule has 0 heterocycles. The SMILES string of the molecule is CCCCCCCCCCCCc1cc(C[P+](c2ccccc2)(c2ccccc2)c2ccccc2)c(CCCCCCCCCCCC)cc1C[P+](c1ccccc1)(c1ccccc1)c1ccccc1. The Morgan fingerprint density at radius 2 is 0.429 bits per heavy atom. The van der Waals surface area contributed by atoms with Crippen molar-refractivity contribution in [2.75, 3.05) is 0 Å². The van der Waals surface area contributed by atoms with Crippen molar-refractivity contribution in [3.05, 3.63) is 216 Å². The van der Waals surface area contributed by atoms with Gasteiger partial charge in [0.05, 0.1) is 12.3 Å². The Labute approximate surface area is 427 Å². The van der Waals surface area contributed by atoms with Crippen LogP contribution >= 0.6 is 14.5 Å². The van der Waals surface area contributed by atoms with E-state index in [4.69, 9.17) is 0 Å². The van der Waals surface area contributed by atoms with Gasteiger partial charge in [0.15, 0.2) is 0 Å². The third-order valence-electron chi connectivity index (χ3n) is 15.1. The summed E-state index contributed by atoms with van der Waals surface area (Å²) in [4.78, 5) is 0. The highest BCUT2D eigenvalue weighted by molar-refractivity contribution is 7.95. The minimum absolute atomic E-state index is 1.03. The molecule has 7 aromatic rings. The van der Waals surface area contributed by atoms with Crippen molar-refractivity contribution in [3.8, 4) is 0 Å². The van der Waals surface area contributed by atoms with Crippen molar-refractivity contribution in [3.63, 3.8) is 0 Å². The molecule has 7 aromatic carbocycles. The highest BCUT2D eigenvalue weighted by atomic mass is 31.2. The van der Waals surface area contributed by atoms with Gasteiger partial charge in [0.25, 0.3) is 0 Å². The molecular weight excluding hydrogens is 879 g/mol. The van der Waals surface area contributed by atoms with Crippen molar-refractivity contribution in [2.24, 2.45) is 0 Å². The molecule has 0 bridgehead atoms. The van der Waals surface area contributed by atoms with Gasteiger partial charge in [-0.2, -0.15) is 0 Å². The van der Waals surface area contributed by atoms with Gasteiger partial charge in [-0.25, -0.2) is 0 Å². The normalized spacial score (nSPS) is 11.8. The van der Waals surface area contributed by atoms with Crippen LogP contribution in [0.3, 0.4) is 0 Å². The standard InChI is InChI=1S/C68H86P2/c1-3-5-7-9-11-13-15-17-19-27-41-59-55-62(58-70(66-49-35-24-36-50-66,67-51-37-25-38-52-67)68-53-39-26-40-54-68)60(42-28-20-18-16-14-12-10-8-6-4-2)56-61(59)57-69(63-43-29-21-30-44-63,64-45-31-22-32-46-64)65-47-33-23-34-48-65/h21-26,29-40,43-56H,3-20,27-28,41-42,57-58H2,1-2H3/q+2. The van der Waals surface area contributed by atoms with Gasteiger partial charge in [-0.1, -0.05) is 251 Å². The van der Waals surface area contributed by atoms with Crippen LogP contribution in [0.4, 0.5) is 0 Å². The lowest BCUT2D eigenvalue weighted by atomic mass is 9.93. The number of benzene rings is 7. The molecule has 0 unspecified atom stereocenters. The number of aryl methyl sites for hydroxylation is 2. The van der Waals surface area contributed by atoms with Crippen LogP contribution < -0.4 is 31.8 Å². The lowest BCUT2D eigenvalue weighted by Crippen LogP contribution is -2.33. The monoisotopic (exact) mass is 965 g/mol. The van der Waals surface area contributed by atoms with Gasteiger partial charge in [-0.15, -0.1) is 0 Å². The minimum Gasteiger partial charge on any atom is -0.0654 e. The maximum atomic E-state index is 2.79. The maximum absolute atomic E-state index is 2.79. The van der Waals surface area contributed by atoms with Crippen LogP contribution in [0, 0.1) is 0 Å². The molecule has 0 amide bonds. The Kier molecular flexibility index (Phi) is 22.6. The molecule has 0 aliphatic heterocycles. The summed E-state index contributed by atoms with van der Waals surface area (Å²) in [5.74, 6) is 0. The molecule has 2 heteroatoms. The molecule has 0 fully saturated rings. The number of unbranched alkanes of at least 4 members (excludes halogenated alkanes) is 18. The first kappa shape index (κ1) is 53.2. The summed E-state index contributed by atoms with van der Waals surface area (Å²) in [7, 11) is -4.27. The molecule has 0 N–H and O–H groups in total. The zero-order chi connectivity index (χ0) is 48.4. The molecule has 0 saturated heterocycles. The van der Waals surface area contributed by atoms with Crippen molar-refractivity contribution in [2.45, 2.75) is 167 Å². The molecule has 0 saturated carbocycles. The molecule has 70 heavy (non-hydrogen) atoms. The van der Waals surface area contributed by atoms with Crippen LogP contribution in [-0.4, -0.2) is 0 Å². The molecule has 366 valence electrons. The van der Waals surface area contributed by atoms with Crippen LogP contribution in [0.25, 0.3) is 0 Å². The van der Waals surface area contributed by atoms with E-state index in [2.05, 4.69) is 208 Å². The Bertz CT molecular complexity index is 2080. The van der Waals surface area contributed by atoms with Gasteiger partial charge >= 0.3 is 0 Å². The van der Waals surface area contributed by atoms with Gasteiger partial charge in [-0.3, -0.25) is 0 Å². The van der Waals surface area contributed by atoms with Gasteiger partial charge in [0.1, 0.15) is 46.4 Å². The molecule has 7 rings (SSSR count). The van der Waals surface area contributed by atoms with E-state index in [-0.39, 0.29) is 0 Å². The fourth-order valence-corrected chi connectivity index (χ4v) is 19.8. The van der Waals surface area contributed by atoms with Gasteiger partial charge < -0.3 is 0 Å². The predicted octanol–water partition coefficient (Wildman–Crippen LogP) is 17.6. The van der Waals surface area contributed by atoms with Gasteiger partial charge in [-0.05, 0) is 121 Å². The quantitative estimate of drug-likeness (QED) is 0.0291. The average molecular weight is 965 g/mol. The topological polar surface area (TPSA) is 0 Å². The Balaban J connectivity index is 1.34. The van der Waals surface area contributed by atoms with E-state index in [1.807, 2.05) is 0 Å². The van der Waals surface area contributed by atoms with Gasteiger partial charge in [0.2, 0.25) is 0 Å². The second-order valence-corrected chi connectivity index (χ2v) is 27.2. The van der Waals surface area contributed by atoms with Crippen molar-refractivity contribution in [1.29, 1.82) is 0 Å². The number of hydrogen-bond acceptors (Lipinski definition) is 0. The summed E-state index contributed by atoms with van der Waals surface area (Å²) in [5.41, 5.74) is 6.33. The van der Waals surface area contributed by atoms with Crippen molar-refractivity contribution < 1.29 is 0 Å². The second kappa shape index (κ2) is 29.7. The summed E-state index contributed by atoms with van der Waals surface area (Å²) in [6, 6.07) is 75.4. The smallest absolute Gasteiger partial charge is 0.0654 e. The first-order chi connectivity index (χ1) is 34.7. The van der Waals surface area contributed by atoms with Crippen LogP contribution in [0.2, 0.25) is 0 Å². The average Bonchev–Trinajstić information content (AvgIpc) is 3.42. The van der Waals surface area contributed by atoms with E-state index in [0.717, 1.165) is 25.2 Å². The zero-order valence-corrected chi connectivity index (χ0v) is 45.1. The summed E-state index contributed by atoms with van der Waals surface area (Å²) >= 11 is 0. The lowest BCUT2D eigenvalue weighted by molar-refractivity contribution is 0.555. The summed E-state index contributed by atoms with van der Waals surface area (Å²) in [5, 5.41) is 8.83. The number of hydrogen-bond donors (Lipinski definition) is 0. The van der Waals surface area contributed by atoms with Crippen molar-refractivity contribution >= 4 is 46.4 Å². The van der Waals surface area contributed by atoms with Crippen LogP contribution in [0.1, 0.15) is 165 Å². The van der Waals surface area contributed by atoms with Crippen LogP contribution in [0.15, 0.2) is 194 Å². The van der Waals surface area contributed by atoms with E-state index >= 15 is 0 Å². The Morgan fingerprint density at radius 1 is 0.229 bits per heavy atom. The first-order valence-electron chi connectivity index (χ1n) is 27.9. The van der Waals surface area contributed by atoms with E-state index in [1.54, 1.807) is 22.3 Å². The molecule has 0 radical (unpaired) electrons. The summed E-state index contributed by atoms with van der Waals surface area (Å²) in [6.45, 7) is 4.64. The first-order valence-corrected chi connectivity index (χ1v) is 31.9. The molecular formula is C68H86P2+2. The molecule has 0 aliphatic rings. The maximum Gasteiger partial charge on any atom is 0.116 e. The van der Waals surface area contributed by atoms with Crippen LogP contribution in [-0.2, 0) is 25.2 Å². The third-order valence-corrected chi connectivity index (χ3v) is 23.8. The minimum atomic E-state index is -2.14. The molecule has 0 spiro atoms. The molecule has 0 nitrogen and oxygen atoms in total. The molecule has 0 aromatic heterocycles. The lowest BCUT2D eigenvalue weighted by Gasteiger charge is -2.31. The van der Waals surface area contributed by atoms with E-state index < -0.39 is 14.5 Å². The van der Waals surface area contributed by atoms with E-state index in [0.29, 0.717) is 0 Å². The molecule has 0 atom stereocenters. The highest BCUT2D eigenvalue weighted by Gasteiger charge is 2.48. The third kappa shape index (κ3) is 14.7. The predicted molar refractivity (Wildman–Crippen MR) is 315 cm³/mol. The molecule has 0 aliphatic carbocycles. The zero-order valence-electron chi connectivity index (χ0n) is 43.3. The fraction of sp³-hybridized carbons (Fsp3) is 0.382. The Hall–Kier alpha value is -4.60. The van der Waals surface area contributed by atoms with E-state index in [1.165, 1.54) is 160 Å². The Morgan fingerprint density at radius 3 is 0.643 bits per heavy atom. The van der Waals surface area contributed by atoms with Gasteiger partial charge in [0, 0.05) is 0 Å².